The summed E-state index contributed by atoms with van der Waals surface area (Å²) in [5.74, 6) is -0.295. The molecule has 0 amide bonds. The molecule has 290 valence electrons. The summed E-state index contributed by atoms with van der Waals surface area (Å²) in [6.07, 6.45) is 35.8. The molecule has 5 heteroatoms. The minimum absolute atomic E-state index is 0.00642. The van der Waals surface area contributed by atoms with Crippen molar-refractivity contribution in [2.45, 2.75) is 240 Å². The lowest BCUT2D eigenvalue weighted by Gasteiger charge is -2.33. The van der Waals surface area contributed by atoms with Crippen LogP contribution in [0, 0.1) is 5.92 Å². The molecule has 0 saturated heterocycles. The highest BCUT2D eigenvalue weighted by atomic mass is 16.9. The summed E-state index contributed by atoms with van der Waals surface area (Å²) in [5.41, 5.74) is 0. The molecule has 0 N–H and O–H groups in total. The molecule has 0 aromatic carbocycles. The van der Waals surface area contributed by atoms with Crippen molar-refractivity contribution in [1.29, 1.82) is 0 Å². The average molecular weight is 685 g/mol. The maximum absolute atomic E-state index is 6.39. The van der Waals surface area contributed by atoms with Gasteiger partial charge in [0.2, 0.25) is 0 Å². The Kier molecular flexibility index (Phi) is 37.9. The van der Waals surface area contributed by atoms with Crippen LogP contribution in [0.3, 0.4) is 0 Å². The van der Waals surface area contributed by atoms with Gasteiger partial charge in [-0.2, -0.15) is 0 Å². The van der Waals surface area contributed by atoms with Crippen molar-refractivity contribution in [1.82, 2.24) is 0 Å². The van der Waals surface area contributed by atoms with E-state index in [0.717, 1.165) is 77.4 Å². The van der Waals surface area contributed by atoms with Gasteiger partial charge in [0, 0.05) is 25.6 Å². The fraction of sp³-hybridized carbons (Fsp3) is 1.00. The number of ether oxygens (including phenoxy) is 5. The second kappa shape index (κ2) is 38.0. The highest BCUT2D eigenvalue weighted by molar-refractivity contribution is 4.66. The van der Waals surface area contributed by atoms with E-state index in [9.17, 15) is 0 Å². The summed E-state index contributed by atoms with van der Waals surface area (Å²) >= 11 is 0. The Morgan fingerprint density at radius 2 is 0.646 bits per heavy atom. The third-order valence-electron chi connectivity index (χ3n) is 9.64. The normalized spacial score (nSPS) is 12.8. The summed E-state index contributed by atoms with van der Waals surface area (Å²) < 4.78 is 31.7. The van der Waals surface area contributed by atoms with Gasteiger partial charge in [0.15, 0.2) is 6.29 Å². The van der Waals surface area contributed by atoms with Gasteiger partial charge in [-0.1, -0.05) is 170 Å². The molecule has 0 bridgehead atoms. The molecule has 0 radical (unpaired) electrons. The van der Waals surface area contributed by atoms with Crippen LogP contribution in [0.15, 0.2) is 0 Å². The minimum Gasteiger partial charge on any atom is -0.352 e. The first kappa shape index (κ1) is 47.8. The largest absolute Gasteiger partial charge is 0.352 e. The number of rotatable bonds is 41. The van der Waals surface area contributed by atoms with Crippen LogP contribution in [-0.4, -0.2) is 45.3 Å². The van der Waals surface area contributed by atoms with Crippen molar-refractivity contribution in [2.75, 3.05) is 33.0 Å². The molecular formula is C43H88O5. The smallest absolute Gasteiger partial charge is 0.282 e. The highest BCUT2D eigenvalue weighted by Gasteiger charge is 2.33. The Morgan fingerprint density at radius 1 is 0.333 bits per heavy atom. The maximum Gasteiger partial charge on any atom is 0.282 e. The van der Waals surface area contributed by atoms with E-state index in [1.54, 1.807) is 0 Å². The minimum atomic E-state index is -0.840. The molecule has 0 heterocycles. The monoisotopic (exact) mass is 685 g/mol. The van der Waals surface area contributed by atoms with Crippen LogP contribution in [0.5, 0.6) is 0 Å². The molecule has 0 aliphatic rings. The molecule has 0 aliphatic heterocycles. The van der Waals surface area contributed by atoms with Crippen LogP contribution in [0.1, 0.15) is 228 Å². The molecule has 5 nitrogen and oxygen atoms in total. The summed E-state index contributed by atoms with van der Waals surface area (Å²) in [6.45, 7) is 17.2. The fourth-order valence-corrected chi connectivity index (χ4v) is 6.23. The van der Waals surface area contributed by atoms with E-state index >= 15 is 0 Å². The van der Waals surface area contributed by atoms with Gasteiger partial charge in [-0.05, 0) is 51.4 Å². The van der Waals surface area contributed by atoms with Gasteiger partial charge in [0.1, 0.15) is 0 Å². The molecule has 0 aromatic heterocycles. The first-order valence-corrected chi connectivity index (χ1v) is 21.8. The SMILES string of the molecule is CCCCCCCCCC(CCCCCCCCCCCC(OCCCC)(OCCCC)OCCCC)C(OCCCC)OCCCC. The van der Waals surface area contributed by atoms with Gasteiger partial charge in [-0.3, -0.25) is 0 Å². The Morgan fingerprint density at radius 3 is 1.02 bits per heavy atom. The van der Waals surface area contributed by atoms with Crippen LogP contribution in [-0.2, 0) is 23.7 Å². The lowest BCUT2D eigenvalue weighted by atomic mass is 9.93. The summed E-state index contributed by atoms with van der Waals surface area (Å²) in [4.78, 5) is 0. The molecule has 0 aromatic rings. The second-order valence-corrected chi connectivity index (χ2v) is 14.5. The Bertz CT molecular complexity index is 563. The van der Waals surface area contributed by atoms with E-state index in [1.807, 2.05) is 0 Å². The fourth-order valence-electron chi connectivity index (χ4n) is 6.23. The Labute approximate surface area is 302 Å². The Hall–Kier alpha value is -0.200. The first-order valence-electron chi connectivity index (χ1n) is 21.8. The van der Waals surface area contributed by atoms with Crippen molar-refractivity contribution in [2.24, 2.45) is 5.92 Å². The molecule has 1 atom stereocenters. The standard InChI is InChI=1S/C43H88O5/c1-7-13-19-20-24-27-30-33-41(42(44-36-14-8-2)45-37-15-9-3)34-31-28-25-22-21-23-26-29-32-35-43(46-38-16-10-4,47-39-17-11-5)48-40-18-12-6/h41-42H,7-40H2,1-6H3. The zero-order valence-corrected chi connectivity index (χ0v) is 33.7. The van der Waals surface area contributed by atoms with Gasteiger partial charge >= 0.3 is 0 Å². The van der Waals surface area contributed by atoms with Crippen LogP contribution < -0.4 is 0 Å². The molecular weight excluding hydrogens is 596 g/mol. The topological polar surface area (TPSA) is 46.2 Å². The lowest BCUT2D eigenvalue weighted by molar-refractivity contribution is -0.384. The summed E-state index contributed by atoms with van der Waals surface area (Å²) in [5, 5.41) is 0. The van der Waals surface area contributed by atoms with Crippen molar-refractivity contribution in [3.63, 3.8) is 0 Å². The van der Waals surface area contributed by atoms with E-state index in [2.05, 4.69) is 41.5 Å². The highest BCUT2D eigenvalue weighted by Crippen LogP contribution is 2.27. The summed E-state index contributed by atoms with van der Waals surface area (Å²) in [6, 6.07) is 0. The molecule has 0 saturated carbocycles. The van der Waals surface area contributed by atoms with E-state index < -0.39 is 5.97 Å². The van der Waals surface area contributed by atoms with Crippen LogP contribution in [0.25, 0.3) is 0 Å². The van der Waals surface area contributed by atoms with Crippen molar-refractivity contribution >= 4 is 0 Å². The van der Waals surface area contributed by atoms with Gasteiger partial charge in [0.25, 0.3) is 5.97 Å². The zero-order chi connectivity index (χ0) is 35.2. The molecule has 0 fully saturated rings. The predicted molar refractivity (Wildman–Crippen MR) is 208 cm³/mol. The van der Waals surface area contributed by atoms with E-state index in [1.165, 1.54) is 122 Å². The van der Waals surface area contributed by atoms with Gasteiger partial charge < -0.3 is 23.7 Å². The maximum atomic E-state index is 6.39. The van der Waals surface area contributed by atoms with E-state index in [-0.39, 0.29) is 6.29 Å². The first-order chi connectivity index (χ1) is 23.6. The Balaban J connectivity index is 4.57. The van der Waals surface area contributed by atoms with Gasteiger partial charge in [-0.15, -0.1) is 0 Å². The average Bonchev–Trinajstić information content (AvgIpc) is 3.09. The van der Waals surface area contributed by atoms with E-state index in [4.69, 9.17) is 23.7 Å². The lowest BCUT2D eigenvalue weighted by Crippen LogP contribution is -2.40. The predicted octanol–water partition coefficient (Wildman–Crippen LogP) is 14.1. The zero-order valence-electron chi connectivity index (χ0n) is 33.7. The molecule has 0 aliphatic carbocycles. The van der Waals surface area contributed by atoms with Crippen molar-refractivity contribution in [3.8, 4) is 0 Å². The van der Waals surface area contributed by atoms with Crippen LogP contribution >= 0.6 is 0 Å². The number of hydrogen-bond acceptors (Lipinski definition) is 5. The van der Waals surface area contributed by atoms with Gasteiger partial charge in [-0.25, -0.2) is 0 Å². The van der Waals surface area contributed by atoms with Crippen molar-refractivity contribution < 1.29 is 23.7 Å². The third-order valence-corrected chi connectivity index (χ3v) is 9.64. The summed E-state index contributed by atoms with van der Waals surface area (Å²) in [7, 11) is 0. The van der Waals surface area contributed by atoms with Crippen LogP contribution in [0.4, 0.5) is 0 Å². The van der Waals surface area contributed by atoms with Crippen molar-refractivity contribution in [3.05, 3.63) is 0 Å². The second-order valence-electron chi connectivity index (χ2n) is 14.5. The van der Waals surface area contributed by atoms with E-state index in [0.29, 0.717) is 25.7 Å². The quantitative estimate of drug-likeness (QED) is 0.0474. The molecule has 0 rings (SSSR count). The van der Waals surface area contributed by atoms with Gasteiger partial charge in [0.05, 0.1) is 19.8 Å². The molecule has 1 unspecified atom stereocenters. The molecule has 0 spiro atoms. The van der Waals surface area contributed by atoms with Crippen LogP contribution in [0.2, 0.25) is 0 Å². The number of hydrogen-bond donors (Lipinski definition) is 0. The molecule has 48 heavy (non-hydrogen) atoms. The third kappa shape index (κ3) is 29.5. The number of unbranched alkanes of at least 4 members (excludes halogenated alkanes) is 19.